The van der Waals surface area contributed by atoms with Crippen molar-refractivity contribution in [2.45, 2.75) is 39.2 Å². The summed E-state index contributed by atoms with van der Waals surface area (Å²) in [5.74, 6) is 2.14. The van der Waals surface area contributed by atoms with Crippen LogP contribution in [0.3, 0.4) is 0 Å². The van der Waals surface area contributed by atoms with E-state index in [9.17, 15) is 9.59 Å². The topological polar surface area (TPSA) is 122 Å². The monoisotopic (exact) mass is 646 g/mol. The molecule has 4 aliphatic heterocycles. The van der Waals surface area contributed by atoms with Gasteiger partial charge in [0.2, 0.25) is 11.9 Å². The molecule has 244 valence electrons. The molecule has 13 heteroatoms. The molecule has 0 aliphatic carbocycles. The second-order valence-corrected chi connectivity index (χ2v) is 12.6. The highest BCUT2D eigenvalue weighted by Crippen LogP contribution is 2.29. The van der Waals surface area contributed by atoms with Crippen LogP contribution in [0, 0.1) is 12.8 Å². The van der Waals surface area contributed by atoms with Gasteiger partial charge in [-0.2, -0.15) is 0 Å². The van der Waals surface area contributed by atoms with Gasteiger partial charge in [0.15, 0.2) is 0 Å². The molecule has 2 aromatic heterocycles. The SMILES string of the molecule is Cc1cc(N2CCN(CC3CCN(c4ccc(Nc5ncc6c(n5)CNCC6)cn4)CC3)CC2)ccc1N1CCC(=O)NC1=O.Cl. The Balaban J connectivity index is 0.00000372. The van der Waals surface area contributed by atoms with Crippen LogP contribution in [0.15, 0.2) is 42.7 Å². The van der Waals surface area contributed by atoms with Crippen molar-refractivity contribution in [1.29, 1.82) is 0 Å². The smallest absolute Gasteiger partial charge is 0.328 e. The predicted molar refractivity (Wildman–Crippen MR) is 182 cm³/mol. The Bertz CT molecular complexity index is 1540. The molecule has 0 atom stereocenters. The van der Waals surface area contributed by atoms with Crippen molar-refractivity contribution >= 4 is 53.2 Å². The number of carbonyl (C=O) groups is 2. The molecule has 1 aromatic carbocycles. The van der Waals surface area contributed by atoms with E-state index in [1.54, 1.807) is 4.90 Å². The van der Waals surface area contributed by atoms with Crippen LogP contribution in [-0.2, 0) is 17.8 Å². The minimum absolute atomic E-state index is 0. The van der Waals surface area contributed by atoms with E-state index >= 15 is 0 Å². The van der Waals surface area contributed by atoms with Gasteiger partial charge in [-0.25, -0.2) is 19.7 Å². The fourth-order valence-electron chi connectivity index (χ4n) is 6.90. The first-order valence-corrected chi connectivity index (χ1v) is 16.2. The maximum atomic E-state index is 12.3. The third-order valence-corrected chi connectivity index (χ3v) is 9.54. The minimum atomic E-state index is -0.335. The molecule has 0 unspecified atom stereocenters. The number of fused-ring (bicyclic) bond motifs is 1. The summed E-state index contributed by atoms with van der Waals surface area (Å²) in [5, 5.41) is 9.09. The van der Waals surface area contributed by atoms with E-state index in [0.29, 0.717) is 24.8 Å². The first-order chi connectivity index (χ1) is 22.0. The van der Waals surface area contributed by atoms with E-state index in [4.69, 9.17) is 4.98 Å². The molecule has 3 amide bonds. The van der Waals surface area contributed by atoms with Crippen molar-refractivity contribution in [3.8, 4) is 0 Å². The Morgan fingerprint density at radius 1 is 0.913 bits per heavy atom. The number of aryl methyl sites for hydroxylation is 1. The summed E-state index contributed by atoms with van der Waals surface area (Å²) in [6, 6.07) is 10.1. The van der Waals surface area contributed by atoms with Crippen molar-refractivity contribution in [3.05, 3.63) is 59.5 Å². The summed E-state index contributed by atoms with van der Waals surface area (Å²) in [7, 11) is 0. The van der Waals surface area contributed by atoms with Gasteiger partial charge in [0.1, 0.15) is 5.82 Å². The number of piperidine rings is 1. The molecule has 46 heavy (non-hydrogen) atoms. The van der Waals surface area contributed by atoms with Crippen LogP contribution < -0.4 is 30.7 Å². The molecule has 0 bridgehead atoms. The highest BCUT2D eigenvalue weighted by Gasteiger charge is 2.27. The fraction of sp³-hybridized carbons (Fsp3) is 0.485. The third-order valence-electron chi connectivity index (χ3n) is 9.54. The number of benzene rings is 1. The van der Waals surface area contributed by atoms with Gasteiger partial charge in [0.25, 0.3) is 0 Å². The van der Waals surface area contributed by atoms with Gasteiger partial charge in [-0.3, -0.25) is 19.9 Å². The maximum absolute atomic E-state index is 12.3. The highest BCUT2D eigenvalue weighted by atomic mass is 35.5. The summed E-state index contributed by atoms with van der Waals surface area (Å²) in [6.07, 6.45) is 7.47. The zero-order valence-electron chi connectivity index (χ0n) is 26.4. The maximum Gasteiger partial charge on any atom is 0.328 e. The highest BCUT2D eigenvalue weighted by molar-refractivity contribution is 6.06. The Hall–Kier alpha value is -4.00. The Morgan fingerprint density at radius 3 is 2.48 bits per heavy atom. The molecule has 6 heterocycles. The number of hydrogen-bond acceptors (Lipinski definition) is 10. The number of nitrogens with one attached hydrogen (secondary N) is 3. The molecular formula is C33H43ClN10O2. The number of halogens is 1. The average Bonchev–Trinajstić information content (AvgIpc) is 3.06. The zero-order valence-corrected chi connectivity index (χ0v) is 27.2. The molecule has 12 nitrogen and oxygen atoms in total. The number of rotatable bonds is 7. The predicted octanol–water partition coefficient (Wildman–Crippen LogP) is 3.48. The lowest BCUT2D eigenvalue weighted by Crippen LogP contribution is -2.50. The number of imide groups is 1. The zero-order chi connectivity index (χ0) is 30.8. The van der Waals surface area contributed by atoms with Gasteiger partial charge in [-0.1, -0.05) is 0 Å². The van der Waals surface area contributed by atoms with Gasteiger partial charge in [0, 0.05) is 82.9 Å². The summed E-state index contributed by atoms with van der Waals surface area (Å²) >= 11 is 0. The van der Waals surface area contributed by atoms with Crippen LogP contribution >= 0.6 is 12.4 Å². The largest absolute Gasteiger partial charge is 0.369 e. The third kappa shape index (κ3) is 7.19. The van der Waals surface area contributed by atoms with Crippen molar-refractivity contribution in [2.24, 2.45) is 5.92 Å². The summed E-state index contributed by atoms with van der Waals surface area (Å²) < 4.78 is 0. The molecule has 3 saturated heterocycles. The normalized spacial score (nSPS) is 19.4. The number of hydrogen-bond donors (Lipinski definition) is 3. The summed E-state index contributed by atoms with van der Waals surface area (Å²) in [5.41, 5.74) is 6.30. The molecule has 3 aromatic rings. The molecule has 4 aliphatic rings. The first-order valence-electron chi connectivity index (χ1n) is 16.2. The molecular weight excluding hydrogens is 604 g/mol. The van der Waals surface area contributed by atoms with Gasteiger partial charge in [-0.15, -0.1) is 12.4 Å². The molecule has 3 N–H and O–H groups in total. The van der Waals surface area contributed by atoms with Gasteiger partial charge >= 0.3 is 6.03 Å². The second-order valence-electron chi connectivity index (χ2n) is 12.6. The second kappa shape index (κ2) is 14.2. The first kappa shape index (κ1) is 32.0. The van der Waals surface area contributed by atoms with Crippen molar-refractivity contribution in [1.82, 2.24) is 30.5 Å². The summed E-state index contributed by atoms with van der Waals surface area (Å²) in [6.45, 7) is 11.5. The van der Waals surface area contributed by atoms with Crippen molar-refractivity contribution in [3.63, 3.8) is 0 Å². The fourth-order valence-corrected chi connectivity index (χ4v) is 6.90. The van der Waals surface area contributed by atoms with Crippen molar-refractivity contribution < 1.29 is 9.59 Å². The molecule has 0 radical (unpaired) electrons. The minimum Gasteiger partial charge on any atom is -0.369 e. The number of nitrogens with zero attached hydrogens (tertiary/aromatic N) is 7. The van der Waals surface area contributed by atoms with E-state index in [1.165, 1.54) is 24.1 Å². The quantitative estimate of drug-likeness (QED) is 0.352. The Labute approximate surface area is 276 Å². The van der Waals surface area contributed by atoms with Gasteiger partial charge in [0.05, 0.1) is 17.6 Å². The van der Waals surface area contributed by atoms with Gasteiger partial charge in [-0.05, 0) is 80.1 Å². The molecule has 0 saturated carbocycles. The number of urea groups is 1. The van der Waals surface area contributed by atoms with Crippen LogP contribution in [0.4, 0.5) is 33.6 Å². The summed E-state index contributed by atoms with van der Waals surface area (Å²) in [4.78, 5) is 46.9. The van der Waals surface area contributed by atoms with Crippen LogP contribution in [-0.4, -0.2) is 90.7 Å². The van der Waals surface area contributed by atoms with E-state index in [2.05, 4.69) is 64.9 Å². The average molecular weight is 647 g/mol. The van der Waals surface area contributed by atoms with Crippen LogP contribution in [0.5, 0.6) is 0 Å². The van der Waals surface area contributed by atoms with Crippen LogP contribution in [0.1, 0.15) is 36.1 Å². The van der Waals surface area contributed by atoms with E-state index in [1.807, 2.05) is 25.4 Å². The Kier molecular flexibility index (Phi) is 9.86. The lowest BCUT2D eigenvalue weighted by Gasteiger charge is -2.40. The van der Waals surface area contributed by atoms with Crippen LogP contribution in [0.25, 0.3) is 0 Å². The van der Waals surface area contributed by atoms with E-state index < -0.39 is 0 Å². The number of pyridine rings is 1. The standard InChI is InChI=1S/C33H42N10O2.ClH/c1-23-18-27(3-4-29(23)43-13-9-31(44)39-33(43)45)41-16-14-40(15-17-41)22-24-7-11-42(12-8-24)30-5-2-26(20-35-30)37-32-36-19-25-6-10-34-21-28(25)38-32;/h2-5,18-20,24,34H,6-17,21-22H2,1H3,(H,36,37,38)(H,39,44,45);1H. The van der Waals surface area contributed by atoms with E-state index in [-0.39, 0.29) is 24.3 Å². The number of aromatic nitrogens is 3. The molecule has 0 spiro atoms. The van der Waals surface area contributed by atoms with Gasteiger partial charge < -0.3 is 20.4 Å². The molecule has 7 rings (SSSR count). The number of amides is 3. The lowest BCUT2D eigenvalue weighted by molar-refractivity contribution is -0.120. The lowest BCUT2D eigenvalue weighted by atomic mass is 9.96. The number of carbonyl (C=O) groups excluding carboxylic acids is 2. The Morgan fingerprint density at radius 2 is 1.74 bits per heavy atom. The van der Waals surface area contributed by atoms with E-state index in [0.717, 1.165) is 93.8 Å². The molecule has 3 fully saturated rings. The van der Waals surface area contributed by atoms with Crippen LogP contribution in [0.2, 0.25) is 0 Å². The number of piperazine rings is 1. The van der Waals surface area contributed by atoms with Crippen molar-refractivity contribution in [2.75, 3.05) is 78.9 Å². The number of anilines is 5.